The predicted molar refractivity (Wildman–Crippen MR) is 176 cm³/mol. The van der Waals surface area contributed by atoms with Crippen molar-refractivity contribution < 1.29 is 33.7 Å². The van der Waals surface area contributed by atoms with E-state index in [9.17, 15) is 19.5 Å². The van der Waals surface area contributed by atoms with E-state index in [1.807, 2.05) is 60.0 Å². The van der Waals surface area contributed by atoms with Crippen LogP contribution in [-0.4, -0.2) is 50.9 Å². The van der Waals surface area contributed by atoms with Crippen LogP contribution in [0, 0.1) is 20.8 Å². The standard InChI is InChI=1S/C35H32N4O7S/c1-6-45-34(43)31-20(3)36-35(47-31)39-28(23-14-15-24(25(17-23)44-5)46-18-22-12-8-7-9-13-22)26(30(41)33(39)42)29(40)27-21(4)38-16-10-11-19(2)32(38)37-27/h7-17,28,40H,6,18H2,1-5H3. The highest BCUT2D eigenvalue weighted by atomic mass is 32.1. The van der Waals surface area contributed by atoms with Gasteiger partial charge in [-0.3, -0.25) is 14.5 Å². The van der Waals surface area contributed by atoms with Gasteiger partial charge in [-0.15, -0.1) is 0 Å². The van der Waals surface area contributed by atoms with Crippen molar-refractivity contribution in [2.24, 2.45) is 0 Å². The number of nitrogens with zero attached hydrogens (tertiary/aromatic N) is 4. The minimum atomic E-state index is -1.14. The maximum Gasteiger partial charge on any atom is 0.350 e. The number of ketones is 1. The molecule has 1 saturated heterocycles. The fourth-order valence-electron chi connectivity index (χ4n) is 5.60. The lowest BCUT2D eigenvalue weighted by Gasteiger charge is -2.24. The Morgan fingerprint density at radius 1 is 1.00 bits per heavy atom. The third-order valence-corrected chi connectivity index (χ3v) is 9.08. The zero-order chi connectivity index (χ0) is 33.4. The Balaban J connectivity index is 1.51. The molecule has 2 aromatic carbocycles. The van der Waals surface area contributed by atoms with Crippen molar-refractivity contribution in [2.45, 2.75) is 40.3 Å². The summed E-state index contributed by atoms with van der Waals surface area (Å²) < 4.78 is 18.7. The maximum absolute atomic E-state index is 13.9. The van der Waals surface area contributed by atoms with E-state index in [1.54, 1.807) is 39.0 Å². The van der Waals surface area contributed by atoms with E-state index in [2.05, 4.69) is 9.97 Å². The van der Waals surface area contributed by atoms with E-state index in [0.29, 0.717) is 34.1 Å². The van der Waals surface area contributed by atoms with Crippen molar-refractivity contribution in [1.29, 1.82) is 0 Å². The lowest BCUT2D eigenvalue weighted by Crippen LogP contribution is -2.29. The molecule has 47 heavy (non-hydrogen) atoms. The van der Waals surface area contributed by atoms with Crippen LogP contribution in [0.2, 0.25) is 0 Å². The third-order valence-electron chi connectivity index (χ3n) is 7.95. The van der Waals surface area contributed by atoms with Gasteiger partial charge in [0.1, 0.15) is 22.8 Å². The summed E-state index contributed by atoms with van der Waals surface area (Å²) in [5.74, 6) is -2.06. The summed E-state index contributed by atoms with van der Waals surface area (Å²) >= 11 is 0.934. The Kier molecular flexibility index (Phi) is 8.52. The van der Waals surface area contributed by atoms with Crippen LogP contribution in [0.15, 0.2) is 72.4 Å². The van der Waals surface area contributed by atoms with Gasteiger partial charge < -0.3 is 23.7 Å². The topological polar surface area (TPSA) is 133 Å². The number of benzene rings is 2. The number of amides is 1. The third kappa shape index (κ3) is 5.61. The molecule has 11 nitrogen and oxygen atoms in total. The first kappa shape index (κ1) is 31.5. The Hall–Kier alpha value is -5.49. The number of aryl methyl sites for hydroxylation is 3. The molecule has 240 valence electrons. The van der Waals surface area contributed by atoms with Crippen molar-refractivity contribution in [3.63, 3.8) is 0 Å². The molecule has 0 radical (unpaired) electrons. The minimum absolute atomic E-state index is 0.0997. The Morgan fingerprint density at radius 2 is 1.77 bits per heavy atom. The summed E-state index contributed by atoms with van der Waals surface area (Å²) in [6.45, 7) is 7.43. The number of aliphatic hydroxyl groups is 1. The van der Waals surface area contributed by atoms with Gasteiger partial charge in [0.2, 0.25) is 0 Å². The average molecular weight is 653 g/mol. The van der Waals surface area contributed by atoms with Gasteiger partial charge in [0.25, 0.3) is 5.78 Å². The second-order valence-electron chi connectivity index (χ2n) is 10.9. The molecule has 0 saturated carbocycles. The number of hydrogen-bond donors (Lipinski definition) is 1. The van der Waals surface area contributed by atoms with Crippen molar-refractivity contribution in [3.05, 3.63) is 111 Å². The van der Waals surface area contributed by atoms with E-state index >= 15 is 0 Å². The largest absolute Gasteiger partial charge is 0.505 e. The van der Waals surface area contributed by atoms with Gasteiger partial charge in [-0.05, 0) is 62.6 Å². The number of esters is 1. The molecule has 5 aromatic rings. The molecule has 1 atom stereocenters. The first-order valence-corrected chi connectivity index (χ1v) is 15.7. The van der Waals surface area contributed by atoms with E-state index in [-0.39, 0.29) is 34.5 Å². The number of hydrogen-bond acceptors (Lipinski definition) is 10. The molecule has 6 rings (SSSR count). The fourth-order valence-corrected chi connectivity index (χ4v) is 6.59. The van der Waals surface area contributed by atoms with Gasteiger partial charge in [0.15, 0.2) is 22.4 Å². The first-order valence-electron chi connectivity index (χ1n) is 14.9. The number of ether oxygens (including phenoxy) is 3. The highest BCUT2D eigenvalue weighted by molar-refractivity contribution is 7.17. The zero-order valence-corrected chi connectivity index (χ0v) is 27.3. The summed E-state index contributed by atoms with van der Waals surface area (Å²) in [5.41, 5.74) is 3.80. The molecule has 1 N–H and O–H groups in total. The second kappa shape index (κ2) is 12.7. The summed E-state index contributed by atoms with van der Waals surface area (Å²) in [5, 5.41) is 11.9. The summed E-state index contributed by atoms with van der Waals surface area (Å²) in [6.07, 6.45) is 1.81. The van der Waals surface area contributed by atoms with Gasteiger partial charge in [-0.25, -0.2) is 14.8 Å². The molecule has 3 aromatic heterocycles. The number of fused-ring (bicyclic) bond motifs is 1. The maximum atomic E-state index is 13.9. The lowest BCUT2D eigenvalue weighted by molar-refractivity contribution is -0.132. The van der Waals surface area contributed by atoms with Crippen LogP contribution in [-0.2, 0) is 20.9 Å². The number of carbonyl (C=O) groups excluding carboxylic acids is 3. The van der Waals surface area contributed by atoms with E-state index < -0.39 is 29.5 Å². The normalized spacial score (nSPS) is 15.8. The van der Waals surface area contributed by atoms with Crippen molar-refractivity contribution in [3.8, 4) is 11.5 Å². The monoisotopic (exact) mass is 652 g/mol. The van der Waals surface area contributed by atoms with Crippen LogP contribution in [0.4, 0.5) is 5.13 Å². The molecule has 1 fully saturated rings. The molecule has 0 bridgehead atoms. The van der Waals surface area contributed by atoms with Crippen LogP contribution in [0.3, 0.4) is 0 Å². The van der Waals surface area contributed by atoms with E-state index in [1.165, 1.54) is 12.0 Å². The number of carbonyl (C=O) groups is 3. The molecule has 0 spiro atoms. The van der Waals surface area contributed by atoms with Crippen LogP contribution in [0.25, 0.3) is 11.4 Å². The molecule has 0 aliphatic carbocycles. The minimum Gasteiger partial charge on any atom is -0.505 e. The number of pyridine rings is 1. The fraction of sp³-hybridized carbons (Fsp3) is 0.229. The summed E-state index contributed by atoms with van der Waals surface area (Å²) in [4.78, 5) is 51.0. The van der Waals surface area contributed by atoms with Crippen molar-refractivity contribution in [1.82, 2.24) is 14.4 Å². The van der Waals surface area contributed by atoms with Gasteiger partial charge in [0, 0.05) is 6.20 Å². The molecular weight excluding hydrogens is 620 g/mol. The average Bonchev–Trinajstić information content (AvgIpc) is 3.71. The second-order valence-corrected chi connectivity index (χ2v) is 11.9. The molecule has 1 amide bonds. The highest BCUT2D eigenvalue weighted by Crippen LogP contribution is 2.46. The van der Waals surface area contributed by atoms with E-state index in [0.717, 1.165) is 22.5 Å². The van der Waals surface area contributed by atoms with Crippen molar-refractivity contribution in [2.75, 3.05) is 18.6 Å². The van der Waals surface area contributed by atoms with Crippen molar-refractivity contribution >= 4 is 45.5 Å². The molecular formula is C35H32N4O7S. The molecule has 4 heterocycles. The van der Waals surface area contributed by atoms with Crippen LogP contribution in [0.1, 0.15) is 56.4 Å². The SMILES string of the molecule is CCOC(=O)c1sc(N2C(=O)C(=O)C(=C(O)c3nc4c(C)cccn4c3C)C2c2ccc(OCc3ccccc3)c(OC)c2)nc1C. The lowest BCUT2D eigenvalue weighted by atomic mass is 9.96. The number of rotatable bonds is 9. The molecule has 1 aliphatic rings. The zero-order valence-electron chi connectivity index (χ0n) is 26.4. The van der Waals surface area contributed by atoms with Crippen LogP contribution < -0.4 is 14.4 Å². The Bertz CT molecular complexity index is 2060. The van der Waals surface area contributed by atoms with Gasteiger partial charge in [-0.2, -0.15) is 0 Å². The Morgan fingerprint density at radius 3 is 2.47 bits per heavy atom. The molecule has 1 aliphatic heterocycles. The summed E-state index contributed by atoms with van der Waals surface area (Å²) in [7, 11) is 1.49. The number of thiazole rings is 1. The highest BCUT2D eigenvalue weighted by Gasteiger charge is 2.49. The summed E-state index contributed by atoms with van der Waals surface area (Å²) in [6, 6.07) is 17.3. The predicted octanol–water partition coefficient (Wildman–Crippen LogP) is 6.11. The van der Waals surface area contributed by atoms with Gasteiger partial charge >= 0.3 is 11.9 Å². The van der Waals surface area contributed by atoms with Gasteiger partial charge in [-0.1, -0.05) is 53.8 Å². The number of aromatic nitrogens is 3. The number of Topliss-reactive ketones (excluding diaryl/α,β-unsaturated/α-hetero) is 1. The van der Waals surface area contributed by atoms with Crippen LogP contribution in [0.5, 0.6) is 11.5 Å². The quantitative estimate of drug-likeness (QED) is 0.0867. The molecule has 1 unspecified atom stereocenters. The number of aliphatic hydroxyl groups excluding tert-OH is 1. The van der Waals surface area contributed by atoms with Gasteiger partial charge in [0.05, 0.1) is 36.7 Å². The number of methoxy groups -OCH3 is 1. The number of anilines is 1. The molecule has 12 heteroatoms. The Labute approximate surface area is 274 Å². The smallest absolute Gasteiger partial charge is 0.350 e. The number of imidazole rings is 1. The first-order chi connectivity index (χ1) is 22.6. The van der Waals surface area contributed by atoms with E-state index in [4.69, 9.17) is 14.2 Å². The van der Waals surface area contributed by atoms with Crippen LogP contribution >= 0.6 is 11.3 Å².